The van der Waals surface area contributed by atoms with Gasteiger partial charge in [-0.25, -0.2) is 5.84 Å². The summed E-state index contributed by atoms with van der Waals surface area (Å²) in [5.74, 6) is 11.6. The first kappa shape index (κ1) is 22.9. The number of carbonyl (C=O) groups excluding carboxylic acids is 1. The van der Waals surface area contributed by atoms with Gasteiger partial charge in [-0.15, -0.1) is 0 Å². The molecule has 3 rings (SSSR count). The number of alkyl halides is 3. The fourth-order valence-corrected chi connectivity index (χ4v) is 3.18. The van der Waals surface area contributed by atoms with Crippen LogP contribution in [-0.2, 0) is 6.18 Å². The Hall–Kier alpha value is -3.79. The molecule has 10 heteroatoms. The molecule has 0 aliphatic carbocycles. The number of fused-ring (bicyclic) bond motifs is 1. The van der Waals surface area contributed by atoms with Gasteiger partial charge in [0.05, 0.1) is 11.6 Å². The Morgan fingerprint density at radius 2 is 1.81 bits per heavy atom. The molecule has 1 atom stereocenters. The zero-order valence-electron chi connectivity index (χ0n) is 17.4. The molecule has 0 bridgehead atoms. The minimum Gasteiger partial charge on any atom is -0.457 e. The third-order valence-electron chi connectivity index (χ3n) is 4.74. The zero-order valence-corrected chi connectivity index (χ0v) is 17.4. The molecular formula is C22H22F3N5O2. The van der Waals surface area contributed by atoms with E-state index in [1.54, 1.807) is 50.4 Å². The molecule has 3 aromatic carbocycles. The second kappa shape index (κ2) is 9.15. The molecule has 0 aliphatic rings. The van der Waals surface area contributed by atoms with E-state index in [1.807, 2.05) is 0 Å². The normalized spacial score (nSPS) is 13.0. The Morgan fingerprint density at radius 3 is 2.41 bits per heavy atom. The summed E-state index contributed by atoms with van der Waals surface area (Å²) in [6.07, 6.45) is -4.41. The summed E-state index contributed by atoms with van der Waals surface area (Å²) in [5, 5.41) is 8.99. The van der Waals surface area contributed by atoms with Crippen LogP contribution < -0.4 is 21.7 Å². The van der Waals surface area contributed by atoms with Gasteiger partial charge in [0.15, 0.2) is 5.84 Å². The summed E-state index contributed by atoms with van der Waals surface area (Å²) in [6.45, 7) is 1.70. The lowest BCUT2D eigenvalue weighted by atomic mass is 10.1. The predicted molar refractivity (Wildman–Crippen MR) is 116 cm³/mol. The Kier molecular flexibility index (Phi) is 6.54. The van der Waals surface area contributed by atoms with Crippen LogP contribution in [0.15, 0.2) is 65.8 Å². The van der Waals surface area contributed by atoms with Gasteiger partial charge in [-0.3, -0.25) is 9.80 Å². The van der Waals surface area contributed by atoms with Crippen LogP contribution in [0, 0.1) is 0 Å². The molecule has 0 aliphatic heterocycles. The van der Waals surface area contributed by atoms with Gasteiger partial charge in [-0.1, -0.05) is 12.1 Å². The van der Waals surface area contributed by atoms with Gasteiger partial charge >= 0.3 is 6.18 Å². The second-order valence-electron chi connectivity index (χ2n) is 7.11. The molecule has 1 unspecified atom stereocenters. The lowest BCUT2D eigenvalue weighted by Crippen LogP contribution is -2.48. The van der Waals surface area contributed by atoms with Crippen LogP contribution in [0.3, 0.4) is 0 Å². The molecule has 32 heavy (non-hydrogen) atoms. The maximum absolute atomic E-state index is 12.7. The number of hydrogen-bond acceptors (Lipinski definition) is 5. The fourth-order valence-electron chi connectivity index (χ4n) is 3.18. The molecule has 0 radical (unpaired) electrons. The highest BCUT2D eigenvalue weighted by Gasteiger charge is 2.30. The minimum atomic E-state index is -4.41. The SMILES string of the molecule is CC(NC(=O)c1ccc2c(Oc3ccc(C(F)(F)F)cc3)cccc2c1)/C(=N/N)N(C)N. The average molecular weight is 445 g/mol. The molecule has 0 fully saturated rings. The Labute approximate surface area is 182 Å². The number of nitrogens with one attached hydrogen (secondary N) is 1. The number of benzene rings is 3. The molecule has 0 saturated heterocycles. The number of ether oxygens (including phenoxy) is 1. The first-order valence-corrected chi connectivity index (χ1v) is 9.55. The highest BCUT2D eigenvalue weighted by molar-refractivity contribution is 6.02. The maximum atomic E-state index is 12.7. The summed E-state index contributed by atoms with van der Waals surface area (Å²) in [7, 11) is 1.56. The Bertz CT molecular complexity index is 1140. The lowest BCUT2D eigenvalue weighted by Gasteiger charge is -2.21. The molecule has 0 saturated carbocycles. The smallest absolute Gasteiger partial charge is 0.416 e. The number of nitrogens with zero attached hydrogens (tertiary/aromatic N) is 2. The van der Waals surface area contributed by atoms with Crippen molar-refractivity contribution in [3.63, 3.8) is 0 Å². The molecule has 0 spiro atoms. The second-order valence-corrected chi connectivity index (χ2v) is 7.11. The van der Waals surface area contributed by atoms with Crippen LogP contribution in [0.5, 0.6) is 11.5 Å². The third-order valence-corrected chi connectivity index (χ3v) is 4.74. The standard InChI is InChI=1S/C22H22F3N5O2/c1-13(20(29-26)30(2)27)28-21(31)15-6-11-18-14(12-15)4-3-5-19(18)32-17-9-7-16(8-10-17)22(23,24)25/h3-13H,26-27H2,1-2H3,(H,28,31)/b29-20-. The Balaban J connectivity index is 1.82. The first-order chi connectivity index (χ1) is 15.1. The van der Waals surface area contributed by atoms with Crippen LogP contribution in [0.1, 0.15) is 22.8 Å². The van der Waals surface area contributed by atoms with Crippen LogP contribution in [-0.4, -0.2) is 29.8 Å². The third kappa shape index (κ3) is 5.09. The van der Waals surface area contributed by atoms with Crippen molar-refractivity contribution in [2.75, 3.05) is 7.05 Å². The lowest BCUT2D eigenvalue weighted by molar-refractivity contribution is -0.137. The van der Waals surface area contributed by atoms with E-state index in [-0.39, 0.29) is 11.7 Å². The highest BCUT2D eigenvalue weighted by atomic mass is 19.4. The van der Waals surface area contributed by atoms with Crippen molar-refractivity contribution in [3.05, 3.63) is 71.8 Å². The van der Waals surface area contributed by atoms with Gasteiger partial charge in [0.1, 0.15) is 11.5 Å². The molecule has 0 aromatic heterocycles. The molecule has 0 heterocycles. The zero-order chi connectivity index (χ0) is 23.5. The average Bonchev–Trinajstić information content (AvgIpc) is 2.73. The molecule has 7 nitrogen and oxygen atoms in total. The van der Waals surface area contributed by atoms with Gasteiger partial charge in [-0.05, 0) is 60.8 Å². The van der Waals surface area contributed by atoms with Crippen molar-refractivity contribution in [2.24, 2.45) is 16.8 Å². The number of carbonyl (C=O) groups is 1. The van der Waals surface area contributed by atoms with Crippen LogP contribution in [0.25, 0.3) is 10.8 Å². The van der Waals surface area contributed by atoms with Gasteiger partial charge in [-0.2, -0.15) is 18.3 Å². The van der Waals surface area contributed by atoms with E-state index in [0.717, 1.165) is 17.5 Å². The first-order valence-electron chi connectivity index (χ1n) is 9.55. The van der Waals surface area contributed by atoms with Crippen molar-refractivity contribution >= 4 is 22.5 Å². The number of hydrogen-bond donors (Lipinski definition) is 3. The summed E-state index contributed by atoms with van der Waals surface area (Å²) >= 11 is 0. The fraction of sp³-hybridized carbons (Fsp3) is 0.182. The monoisotopic (exact) mass is 445 g/mol. The molecule has 5 N–H and O–H groups in total. The number of halogens is 3. The number of hydrazone groups is 1. The highest BCUT2D eigenvalue weighted by Crippen LogP contribution is 2.33. The topological polar surface area (TPSA) is 106 Å². The van der Waals surface area contributed by atoms with E-state index < -0.39 is 17.8 Å². The van der Waals surface area contributed by atoms with E-state index in [2.05, 4.69) is 10.4 Å². The number of amides is 1. The van der Waals surface area contributed by atoms with Gasteiger partial charge in [0.2, 0.25) is 0 Å². The largest absolute Gasteiger partial charge is 0.457 e. The number of amidine groups is 1. The van der Waals surface area contributed by atoms with Crippen molar-refractivity contribution in [2.45, 2.75) is 19.1 Å². The number of rotatable bonds is 5. The van der Waals surface area contributed by atoms with Crippen LogP contribution in [0.2, 0.25) is 0 Å². The van der Waals surface area contributed by atoms with Crippen molar-refractivity contribution in [3.8, 4) is 11.5 Å². The van der Waals surface area contributed by atoms with Crippen LogP contribution in [0.4, 0.5) is 13.2 Å². The van der Waals surface area contributed by atoms with Gasteiger partial charge in [0.25, 0.3) is 5.91 Å². The quantitative estimate of drug-likeness (QED) is 0.239. The van der Waals surface area contributed by atoms with E-state index in [9.17, 15) is 18.0 Å². The molecule has 168 valence electrons. The maximum Gasteiger partial charge on any atom is 0.416 e. The summed E-state index contributed by atoms with van der Waals surface area (Å²) in [6, 6.07) is 14.2. The van der Waals surface area contributed by atoms with Gasteiger partial charge < -0.3 is 15.9 Å². The van der Waals surface area contributed by atoms with E-state index in [0.29, 0.717) is 22.5 Å². The van der Waals surface area contributed by atoms with Crippen molar-refractivity contribution < 1.29 is 22.7 Å². The summed E-state index contributed by atoms with van der Waals surface area (Å²) in [4.78, 5) is 12.6. The van der Waals surface area contributed by atoms with Gasteiger partial charge in [0, 0.05) is 18.0 Å². The molecular weight excluding hydrogens is 423 g/mol. The van der Waals surface area contributed by atoms with E-state index >= 15 is 0 Å². The van der Waals surface area contributed by atoms with Crippen molar-refractivity contribution in [1.29, 1.82) is 0 Å². The molecule has 1 amide bonds. The van der Waals surface area contributed by atoms with Crippen molar-refractivity contribution in [1.82, 2.24) is 10.3 Å². The Morgan fingerprint density at radius 1 is 1.12 bits per heavy atom. The number of likely N-dealkylation sites (N-methyl/N-ethyl adjacent to an activating group) is 1. The summed E-state index contributed by atoms with van der Waals surface area (Å²) in [5.41, 5.74) is -0.358. The predicted octanol–water partition coefficient (Wildman–Crippen LogP) is 3.85. The van der Waals surface area contributed by atoms with E-state index in [1.165, 1.54) is 17.1 Å². The van der Waals surface area contributed by atoms with Crippen LogP contribution >= 0.6 is 0 Å². The molecule has 3 aromatic rings. The van der Waals surface area contributed by atoms with E-state index in [4.69, 9.17) is 16.4 Å². The number of nitrogens with two attached hydrogens (primary N) is 2. The minimum absolute atomic E-state index is 0.264. The number of hydrazine groups is 1. The summed E-state index contributed by atoms with van der Waals surface area (Å²) < 4.78 is 44.0.